The lowest BCUT2D eigenvalue weighted by Gasteiger charge is -2.03. The van der Waals surface area contributed by atoms with E-state index in [-0.39, 0.29) is 12.8 Å². The van der Waals surface area contributed by atoms with Crippen LogP contribution in [0.25, 0.3) is 0 Å². The Bertz CT molecular complexity index is 297. The molecule has 0 heterocycles. The van der Waals surface area contributed by atoms with Crippen molar-refractivity contribution in [3.8, 4) is 0 Å². The highest BCUT2D eigenvalue weighted by Crippen LogP contribution is 2.13. The van der Waals surface area contributed by atoms with Crippen molar-refractivity contribution in [2.75, 3.05) is 0 Å². The molecule has 0 amide bonds. The van der Waals surface area contributed by atoms with E-state index in [0.717, 1.165) is 0 Å². The summed E-state index contributed by atoms with van der Waals surface area (Å²) < 4.78 is 0. The van der Waals surface area contributed by atoms with Crippen molar-refractivity contribution < 1.29 is 19.8 Å². The first-order valence-electron chi connectivity index (χ1n) is 12.0. The van der Waals surface area contributed by atoms with Crippen LogP contribution in [0.15, 0.2) is 0 Å². The lowest BCUT2D eigenvalue weighted by Crippen LogP contribution is -1.97. The van der Waals surface area contributed by atoms with E-state index in [1.807, 2.05) is 0 Å². The van der Waals surface area contributed by atoms with E-state index in [4.69, 9.17) is 10.2 Å². The summed E-state index contributed by atoms with van der Waals surface area (Å²) in [5.74, 6) is -1.74. The third-order valence-electron chi connectivity index (χ3n) is 4.99. The standard InChI is InChI=1S/C18H38.C6H10O4/c1-3-5-7-9-11-13-15-17-18-16-14-12-10-8-6-4-2;7-5(8)3-1-2-4-6(9)10/h3-18H2,1-2H3;1-4H2,(H,7,8)(H,9,10). The molecule has 0 rings (SSSR count). The van der Waals surface area contributed by atoms with Gasteiger partial charge < -0.3 is 10.2 Å². The molecule has 0 aliphatic carbocycles. The first-order chi connectivity index (χ1) is 13.5. The number of carbonyl (C=O) groups is 2. The molecule has 0 radical (unpaired) electrons. The first-order valence-corrected chi connectivity index (χ1v) is 12.0. The number of aliphatic carboxylic acids is 2. The molecule has 2 N–H and O–H groups in total. The van der Waals surface area contributed by atoms with E-state index in [1.54, 1.807) is 0 Å². The normalized spacial score (nSPS) is 10.4. The van der Waals surface area contributed by atoms with Gasteiger partial charge in [-0.1, -0.05) is 117 Å². The Labute approximate surface area is 174 Å². The van der Waals surface area contributed by atoms with Gasteiger partial charge in [0.25, 0.3) is 0 Å². The van der Waals surface area contributed by atoms with Crippen LogP contribution in [0.2, 0.25) is 0 Å². The maximum absolute atomic E-state index is 9.90. The van der Waals surface area contributed by atoms with Crippen molar-refractivity contribution >= 4 is 11.9 Å². The van der Waals surface area contributed by atoms with Gasteiger partial charge in [-0.25, -0.2) is 0 Å². The van der Waals surface area contributed by atoms with Crippen molar-refractivity contribution in [1.82, 2.24) is 0 Å². The van der Waals surface area contributed by atoms with Crippen LogP contribution in [-0.4, -0.2) is 22.2 Å². The fraction of sp³-hybridized carbons (Fsp3) is 0.917. The summed E-state index contributed by atoms with van der Waals surface area (Å²) in [6.45, 7) is 4.59. The van der Waals surface area contributed by atoms with Crippen LogP contribution in [0.3, 0.4) is 0 Å². The molecule has 0 aliphatic rings. The average molecular weight is 401 g/mol. The summed E-state index contributed by atoms with van der Waals surface area (Å²) in [6, 6.07) is 0. The zero-order valence-corrected chi connectivity index (χ0v) is 18.9. The first kappa shape index (κ1) is 29.1. The minimum absolute atomic E-state index is 0.0628. The van der Waals surface area contributed by atoms with Crippen LogP contribution in [0.1, 0.15) is 142 Å². The highest BCUT2D eigenvalue weighted by Gasteiger charge is 1.99. The van der Waals surface area contributed by atoms with Crippen LogP contribution in [0.4, 0.5) is 0 Å². The second-order valence-corrected chi connectivity index (χ2v) is 7.94. The molecular weight excluding hydrogens is 352 g/mol. The number of carboxylic acids is 2. The minimum Gasteiger partial charge on any atom is -0.481 e. The summed E-state index contributed by atoms with van der Waals surface area (Å²) in [5, 5.41) is 16.3. The molecule has 0 saturated carbocycles. The molecule has 0 aromatic heterocycles. The highest BCUT2D eigenvalue weighted by atomic mass is 16.4. The lowest BCUT2D eigenvalue weighted by molar-refractivity contribution is -0.139. The monoisotopic (exact) mass is 400 g/mol. The van der Waals surface area contributed by atoms with E-state index in [9.17, 15) is 9.59 Å². The van der Waals surface area contributed by atoms with Crippen LogP contribution in [0.5, 0.6) is 0 Å². The van der Waals surface area contributed by atoms with E-state index >= 15 is 0 Å². The van der Waals surface area contributed by atoms with E-state index < -0.39 is 11.9 Å². The maximum Gasteiger partial charge on any atom is 0.303 e. The van der Waals surface area contributed by atoms with Crippen molar-refractivity contribution in [3.63, 3.8) is 0 Å². The predicted molar refractivity (Wildman–Crippen MR) is 119 cm³/mol. The second kappa shape index (κ2) is 25.9. The Balaban J connectivity index is 0. The van der Waals surface area contributed by atoms with Gasteiger partial charge in [0.2, 0.25) is 0 Å². The molecule has 4 nitrogen and oxygen atoms in total. The molecule has 0 atom stereocenters. The number of hydrogen-bond acceptors (Lipinski definition) is 2. The van der Waals surface area contributed by atoms with E-state index in [0.29, 0.717) is 12.8 Å². The Kier molecular flexibility index (Phi) is 27.0. The van der Waals surface area contributed by atoms with Crippen molar-refractivity contribution in [3.05, 3.63) is 0 Å². The molecule has 0 aromatic carbocycles. The zero-order valence-electron chi connectivity index (χ0n) is 18.9. The second-order valence-electron chi connectivity index (χ2n) is 7.94. The molecular formula is C24H48O4. The van der Waals surface area contributed by atoms with E-state index in [1.165, 1.54) is 103 Å². The molecule has 28 heavy (non-hydrogen) atoms. The Morgan fingerprint density at radius 3 is 0.821 bits per heavy atom. The van der Waals surface area contributed by atoms with Gasteiger partial charge in [-0.2, -0.15) is 0 Å². The Hall–Kier alpha value is -1.06. The molecule has 0 bridgehead atoms. The van der Waals surface area contributed by atoms with Crippen molar-refractivity contribution in [1.29, 1.82) is 0 Å². The fourth-order valence-corrected chi connectivity index (χ4v) is 3.17. The van der Waals surface area contributed by atoms with Gasteiger partial charge in [-0.15, -0.1) is 0 Å². The third-order valence-corrected chi connectivity index (χ3v) is 4.99. The van der Waals surface area contributed by atoms with Crippen molar-refractivity contribution in [2.45, 2.75) is 142 Å². The third kappa shape index (κ3) is 32.6. The van der Waals surface area contributed by atoms with Gasteiger partial charge in [0, 0.05) is 12.8 Å². The SMILES string of the molecule is CCCCCCCCCCCCCCCCCC.O=C(O)CCCCC(=O)O. The quantitative estimate of drug-likeness (QED) is 0.203. The van der Waals surface area contributed by atoms with Crippen molar-refractivity contribution in [2.24, 2.45) is 0 Å². The number of hydrogen-bond donors (Lipinski definition) is 2. The number of carboxylic acid groups (broad SMARTS) is 2. The molecule has 0 fully saturated rings. The van der Waals surface area contributed by atoms with E-state index in [2.05, 4.69) is 13.8 Å². The summed E-state index contributed by atoms with van der Waals surface area (Å²) >= 11 is 0. The topological polar surface area (TPSA) is 74.6 Å². The average Bonchev–Trinajstić information content (AvgIpc) is 2.66. The van der Waals surface area contributed by atoms with Gasteiger partial charge >= 0.3 is 11.9 Å². The van der Waals surface area contributed by atoms with Crippen LogP contribution >= 0.6 is 0 Å². The van der Waals surface area contributed by atoms with Gasteiger partial charge in [0.15, 0.2) is 0 Å². The molecule has 4 heteroatoms. The molecule has 0 aliphatic heterocycles. The van der Waals surface area contributed by atoms with Gasteiger partial charge in [0.05, 0.1) is 0 Å². The maximum atomic E-state index is 9.90. The summed E-state index contributed by atoms with van der Waals surface area (Å²) in [5.41, 5.74) is 0. The minimum atomic E-state index is -0.870. The molecule has 0 spiro atoms. The summed E-state index contributed by atoms with van der Waals surface area (Å²) in [6.07, 6.45) is 24.4. The summed E-state index contributed by atoms with van der Waals surface area (Å²) in [4.78, 5) is 19.8. The predicted octanol–water partition coefficient (Wildman–Crippen LogP) is 7.98. The molecule has 168 valence electrons. The summed E-state index contributed by atoms with van der Waals surface area (Å²) in [7, 11) is 0. The lowest BCUT2D eigenvalue weighted by atomic mass is 10.0. The van der Waals surface area contributed by atoms with Crippen LogP contribution in [0, 0.1) is 0 Å². The van der Waals surface area contributed by atoms with Crippen LogP contribution < -0.4 is 0 Å². The molecule has 0 aromatic rings. The molecule has 0 unspecified atom stereocenters. The highest BCUT2D eigenvalue weighted by molar-refractivity contribution is 5.67. The van der Waals surface area contributed by atoms with Gasteiger partial charge in [-0.05, 0) is 12.8 Å². The largest absolute Gasteiger partial charge is 0.481 e. The number of unbranched alkanes of at least 4 members (excludes halogenated alkanes) is 16. The Morgan fingerprint density at radius 2 is 0.643 bits per heavy atom. The number of rotatable bonds is 20. The van der Waals surface area contributed by atoms with Gasteiger partial charge in [0.1, 0.15) is 0 Å². The molecule has 0 saturated heterocycles. The smallest absolute Gasteiger partial charge is 0.303 e. The van der Waals surface area contributed by atoms with Gasteiger partial charge in [-0.3, -0.25) is 9.59 Å². The van der Waals surface area contributed by atoms with Crippen LogP contribution in [-0.2, 0) is 9.59 Å². The fourth-order valence-electron chi connectivity index (χ4n) is 3.17. The Morgan fingerprint density at radius 1 is 0.429 bits per heavy atom. The zero-order chi connectivity index (χ0) is 21.3.